The van der Waals surface area contributed by atoms with Crippen molar-refractivity contribution >= 4 is 5.91 Å². The van der Waals surface area contributed by atoms with Crippen LogP contribution in [0.2, 0.25) is 0 Å². The summed E-state index contributed by atoms with van der Waals surface area (Å²) in [7, 11) is 3.25. The van der Waals surface area contributed by atoms with Crippen LogP contribution in [0, 0.1) is 12.8 Å². The fourth-order valence-electron chi connectivity index (χ4n) is 3.15. The monoisotopic (exact) mass is 320 g/mol. The van der Waals surface area contributed by atoms with Crippen molar-refractivity contribution in [1.82, 2.24) is 10.6 Å². The van der Waals surface area contributed by atoms with E-state index in [0.717, 1.165) is 30.6 Å². The second kappa shape index (κ2) is 8.20. The largest absolute Gasteiger partial charge is 0.493 e. The van der Waals surface area contributed by atoms with Crippen molar-refractivity contribution < 1.29 is 14.3 Å². The first-order valence-corrected chi connectivity index (χ1v) is 8.27. The lowest BCUT2D eigenvalue weighted by atomic mass is 10.00. The number of amides is 1. The molecule has 1 heterocycles. The third kappa shape index (κ3) is 4.61. The molecule has 2 unspecified atom stereocenters. The Morgan fingerprint density at radius 3 is 2.65 bits per heavy atom. The Morgan fingerprint density at radius 2 is 2.04 bits per heavy atom. The van der Waals surface area contributed by atoms with Crippen molar-refractivity contribution in [3.05, 3.63) is 23.3 Å². The van der Waals surface area contributed by atoms with Gasteiger partial charge in [-0.3, -0.25) is 4.79 Å². The van der Waals surface area contributed by atoms with Gasteiger partial charge in [0.05, 0.1) is 20.3 Å². The highest BCUT2D eigenvalue weighted by molar-refractivity contribution is 5.76. The molecule has 1 aromatic rings. The second-order valence-corrected chi connectivity index (χ2v) is 6.25. The molecule has 23 heavy (non-hydrogen) atoms. The zero-order chi connectivity index (χ0) is 16.8. The predicted octanol–water partition coefficient (Wildman–Crippen LogP) is 2.58. The first kappa shape index (κ1) is 17.6. The van der Waals surface area contributed by atoms with Crippen molar-refractivity contribution in [3.8, 4) is 11.5 Å². The highest BCUT2D eigenvalue weighted by Gasteiger charge is 2.18. The molecule has 0 aromatic heterocycles. The van der Waals surface area contributed by atoms with E-state index in [9.17, 15) is 4.79 Å². The lowest BCUT2D eigenvalue weighted by Gasteiger charge is -2.19. The molecule has 0 radical (unpaired) electrons. The van der Waals surface area contributed by atoms with Gasteiger partial charge in [0.15, 0.2) is 11.5 Å². The van der Waals surface area contributed by atoms with Gasteiger partial charge < -0.3 is 20.1 Å². The summed E-state index contributed by atoms with van der Waals surface area (Å²) in [4.78, 5) is 12.2. The maximum atomic E-state index is 12.2. The highest BCUT2D eigenvalue weighted by atomic mass is 16.5. The zero-order valence-electron chi connectivity index (χ0n) is 14.6. The van der Waals surface area contributed by atoms with E-state index in [4.69, 9.17) is 9.47 Å². The first-order valence-electron chi connectivity index (χ1n) is 8.27. The van der Waals surface area contributed by atoms with Crippen LogP contribution in [0.1, 0.15) is 43.4 Å². The first-order chi connectivity index (χ1) is 11.0. The molecule has 0 spiro atoms. The van der Waals surface area contributed by atoms with Crippen LogP contribution < -0.4 is 20.1 Å². The van der Waals surface area contributed by atoms with E-state index in [1.54, 1.807) is 14.2 Å². The molecule has 2 N–H and O–H groups in total. The molecule has 0 aliphatic carbocycles. The maximum absolute atomic E-state index is 12.2. The Morgan fingerprint density at radius 1 is 1.35 bits per heavy atom. The van der Waals surface area contributed by atoms with Gasteiger partial charge in [0, 0.05) is 6.42 Å². The van der Waals surface area contributed by atoms with Gasteiger partial charge in [0.25, 0.3) is 0 Å². The number of nitrogens with one attached hydrogen (secondary N) is 2. The van der Waals surface area contributed by atoms with E-state index < -0.39 is 0 Å². The molecule has 2 rings (SSSR count). The van der Waals surface area contributed by atoms with Gasteiger partial charge >= 0.3 is 0 Å². The summed E-state index contributed by atoms with van der Waals surface area (Å²) in [5, 5.41) is 6.43. The number of carbonyl (C=O) groups is 1. The molecule has 1 aromatic carbocycles. The molecule has 5 heteroatoms. The molecule has 1 aliphatic heterocycles. The minimum Gasteiger partial charge on any atom is -0.493 e. The summed E-state index contributed by atoms with van der Waals surface area (Å²) in [5.74, 6) is 2.14. The van der Waals surface area contributed by atoms with Gasteiger partial charge in [-0.05, 0) is 69.0 Å². The van der Waals surface area contributed by atoms with Crippen LogP contribution in [0.25, 0.3) is 0 Å². The number of hydrogen-bond donors (Lipinski definition) is 2. The Labute approximate surface area is 138 Å². The molecule has 2 atom stereocenters. The topological polar surface area (TPSA) is 59.6 Å². The maximum Gasteiger partial charge on any atom is 0.220 e. The summed E-state index contributed by atoms with van der Waals surface area (Å²) < 4.78 is 10.7. The Hall–Kier alpha value is -1.75. The standard InChI is InChI=1S/C18H28N2O3/c1-12-9-16(22-3)17(23-4)10-15(12)13(2)20-18(21)6-5-14-7-8-19-11-14/h9-10,13-14,19H,5-8,11H2,1-4H3,(H,20,21). The summed E-state index contributed by atoms with van der Waals surface area (Å²) in [6.45, 7) is 6.14. The summed E-state index contributed by atoms with van der Waals surface area (Å²) in [6.07, 6.45) is 2.72. The lowest BCUT2D eigenvalue weighted by molar-refractivity contribution is -0.122. The van der Waals surface area contributed by atoms with E-state index in [1.165, 1.54) is 6.42 Å². The van der Waals surface area contributed by atoms with Crippen molar-refractivity contribution in [3.63, 3.8) is 0 Å². The Bertz CT molecular complexity index is 539. The summed E-state index contributed by atoms with van der Waals surface area (Å²) in [5.41, 5.74) is 2.13. The van der Waals surface area contributed by atoms with Crippen LogP contribution in [0.5, 0.6) is 11.5 Å². The molecular weight excluding hydrogens is 292 g/mol. The van der Waals surface area contributed by atoms with Crippen LogP contribution in [-0.2, 0) is 4.79 Å². The van der Waals surface area contributed by atoms with Gasteiger partial charge in [-0.25, -0.2) is 0 Å². The van der Waals surface area contributed by atoms with Crippen LogP contribution in [0.4, 0.5) is 0 Å². The van der Waals surface area contributed by atoms with Crippen molar-refractivity contribution in [2.75, 3.05) is 27.3 Å². The number of benzene rings is 1. The van der Waals surface area contributed by atoms with Crippen molar-refractivity contribution in [1.29, 1.82) is 0 Å². The molecular formula is C18H28N2O3. The third-order valence-electron chi connectivity index (χ3n) is 4.56. The molecule has 1 saturated heterocycles. The van der Waals surface area contributed by atoms with Crippen LogP contribution in [-0.4, -0.2) is 33.2 Å². The van der Waals surface area contributed by atoms with E-state index >= 15 is 0 Å². The van der Waals surface area contributed by atoms with E-state index in [2.05, 4.69) is 10.6 Å². The molecule has 1 amide bonds. The number of aryl methyl sites for hydroxylation is 1. The van der Waals surface area contributed by atoms with Crippen LogP contribution in [0.15, 0.2) is 12.1 Å². The SMILES string of the molecule is COc1cc(C)c(C(C)NC(=O)CCC2CCNC2)cc1OC. The number of ether oxygens (including phenoxy) is 2. The Balaban J connectivity index is 1.96. The van der Waals surface area contributed by atoms with Crippen molar-refractivity contribution in [2.24, 2.45) is 5.92 Å². The summed E-state index contributed by atoms with van der Waals surface area (Å²) >= 11 is 0. The van der Waals surface area contributed by atoms with Gasteiger partial charge in [0.1, 0.15) is 0 Å². The predicted molar refractivity (Wildman–Crippen MR) is 91.1 cm³/mol. The smallest absolute Gasteiger partial charge is 0.220 e. The quantitative estimate of drug-likeness (QED) is 0.811. The lowest BCUT2D eigenvalue weighted by Crippen LogP contribution is -2.27. The number of methoxy groups -OCH3 is 2. The molecule has 0 saturated carbocycles. The molecule has 5 nitrogen and oxygen atoms in total. The highest BCUT2D eigenvalue weighted by Crippen LogP contribution is 2.32. The second-order valence-electron chi connectivity index (χ2n) is 6.25. The molecule has 0 bridgehead atoms. The fraction of sp³-hybridized carbons (Fsp3) is 0.611. The minimum absolute atomic E-state index is 0.0518. The molecule has 128 valence electrons. The zero-order valence-corrected chi connectivity index (χ0v) is 14.6. The number of hydrogen-bond acceptors (Lipinski definition) is 4. The normalized spacial score (nSPS) is 18.5. The summed E-state index contributed by atoms with van der Waals surface area (Å²) in [6, 6.07) is 3.84. The average Bonchev–Trinajstić information content (AvgIpc) is 3.05. The Kier molecular flexibility index (Phi) is 6.28. The van der Waals surface area contributed by atoms with E-state index in [0.29, 0.717) is 23.8 Å². The van der Waals surface area contributed by atoms with Gasteiger partial charge in [-0.1, -0.05) is 0 Å². The molecule has 1 aliphatic rings. The van der Waals surface area contributed by atoms with E-state index in [1.807, 2.05) is 26.0 Å². The van der Waals surface area contributed by atoms with Crippen molar-refractivity contribution in [2.45, 2.75) is 39.2 Å². The number of rotatable bonds is 7. The van der Waals surface area contributed by atoms with Gasteiger partial charge in [0.2, 0.25) is 5.91 Å². The minimum atomic E-state index is -0.0518. The van der Waals surface area contributed by atoms with E-state index in [-0.39, 0.29) is 11.9 Å². The average molecular weight is 320 g/mol. The van der Waals surface area contributed by atoms with Gasteiger partial charge in [-0.15, -0.1) is 0 Å². The fourth-order valence-corrected chi connectivity index (χ4v) is 3.15. The van der Waals surface area contributed by atoms with Gasteiger partial charge in [-0.2, -0.15) is 0 Å². The number of carbonyl (C=O) groups excluding carboxylic acids is 1. The van der Waals surface area contributed by atoms with Crippen LogP contribution in [0.3, 0.4) is 0 Å². The molecule has 1 fully saturated rings. The third-order valence-corrected chi connectivity index (χ3v) is 4.56. The van der Waals surface area contributed by atoms with Crippen LogP contribution >= 0.6 is 0 Å².